The third-order valence-electron chi connectivity index (χ3n) is 5.74. The Hall–Kier alpha value is -3.10. The number of rotatable bonds is 7. The summed E-state index contributed by atoms with van der Waals surface area (Å²) in [5, 5.41) is 0. The van der Waals surface area contributed by atoms with E-state index in [9.17, 15) is 8.42 Å². The van der Waals surface area contributed by atoms with E-state index in [1.807, 2.05) is 36.4 Å². The Bertz CT molecular complexity index is 1180. The molecule has 1 aliphatic rings. The molecule has 1 aromatic heterocycles. The number of hydrogen-bond donors (Lipinski definition) is 1. The first-order valence-corrected chi connectivity index (χ1v) is 11.9. The van der Waals surface area contributed by atoms with E-state index in [1.54, 1.807) is 19.2 Å². The smallest absolute Gasteiger partial charge is 0.263 e. The van der Waals surface area contributed by atoms with Gasteiger partial charge in [-0.25, -0.2) is 13.4 Å². The van der Waals surface area contributed by atoms with Gasteiger partial charge in [0, 0.05) is 17.7 Å². The second-order valence-corrected chi connectivity index (χ2v) is 9.67. The van der Waals surface area contributed by atoms with Crippen LogP contribution in [0.5, 0.6) is 17.4 Å². The number of hydrogen-bond acceptors (Lipinski definition) is 6. The Morgan fingerprint density at radius 3 is 2.47 bits per heavy atom. The highest BCUT2D eigenvalue weighted by Crippen LogP contribution is 2.36. The van der Waals surface area contributed by atoms with Gasteiger partial charge in [0.25, 0.3) is 10.0 Å². The Balaban J connectivity index is 1.57. The molecule has 32 heavy (non-hydrogen) atoms. The molecule has 1 atom stereocenters. The molecule has 0 spiro atoms. The molecular formula is C24H27N3O4S. The molecule has 168 valence electrons. The van der Waals surface area contributed by atoms with Gasteiger partial charge in [0.1, 0.15) is 16.4 Å². The molecule has 7 nitrogen and oxygen atoms in total. The van der Waals surface area contributed by atoms with Crippen LogP contribution in [0, 0.1) is 0 Å². The number of para-hydroxylation sites is 1. The molecule has 1 N–H and O–H groups in total. The molecule has 1 aliphatic carbocycles. The summed E-state index contributed by atoms with van der Waals surface area (Å²) in [7, 11) is 1.96. The van der Waals surface area contributed by atoms with Gasteiger partial charge in [0.2, 0.25) is 5.88 Å². The Labute approximate surface area is 189 Å². The number of pyridine rings is 1. The lowest BCUT2D eigenvalue weighted by molar-refractivity contribution is 0.265. The minimum atomic E-state index is -3.81. The number of fused-ring (bicyclic) bond motifs is 1. The number of aromatic nitrogens is 1. The van der Waals surface area contributed by atoms with Crippen molar-refractivity contribution >= 4 is 15.7 Å². The van der Waals surface area contributed by atoms with Gasteiger partial charge in [-0.15, -0.1) is 0 Å². The monoisotopic (exact) mass is 453 g/mol. The molecular weight excluding hydrogens is 426 g/mol. The maximum atomic E-state index is 13.1. The van der Waals surface area contributed by atoms with E-state index in [0.717, 1.165) is 36.1 Å². The molecule has 0 radical (unpaired) electrons. The first-order chi connectivity index (χ1) is 15.4. The van der Waals surface area contributed by atoms with E-state index in [4.69, 9.17) is 9.47 Å². The van der Waals surface area contributed by atoms with Gasteiger partial charge in [-0.05, 0) is 69.3 Å². The molecule has 4 rings (SSSR count). The van der Waals surface area contributed by atoms with Crippen molar-refractivity contribution in [1.29, 1.82) is 0 Å². The van der Waals surface area contributed by atoms with E-state index >= 15 is 0 Å². The van der Waals surface area contributed by atoms with Crippen molar-refractivity contribution in [2.75, 3.05) is 25.9 Å². The maximum Gasteiger partial charge on any atom is 0.263 e. The second kappa shape index (κ2) is 9.18. The summed E-state index contributed by atoms with van der Waals surface area (Å²) in [6.07, 6.45) is 3.84. The first-order valence-electron chi connectivity index (χ1n) is 10.4. The largest absolute Gasteiger partial charge is 0.496 e. The molecule has 2 aromatic carbocycles. The standard InChI is InChI=1S/C24H27N3O4S/c1-27(2)17-9-11-20-21(15-17)23(30-3)13-12-22(20)26-32(28,29)19-10-14-24(25-16-19)31-18-7-5-4-6-8-18/h4-8,10,12-14,16-17,26H,9,11,15H2,1-3H3. The highest BCUT2D eigenvalue weighted by molar-refractivity contribution is 7.92. The van der Waals surface area contributed by atoms with Crippen LogP contribution in [0.4, 0.5) is 5.69 Å². The molecule has 1 unspecified atom stereocenters. The average Bonchev–Trinajstić information content (AvgIpc) is 2.80. The van der Waals surface area contributed by atoms with Crippen molar-refractivity contribution in [2.24, 2.45) is 0 Å². The number of likely N-dealkylation sites (N-methyl/N-ethyl adjacent to an activating group) is 1. The molecule has 0 saturated heterocycles. The van der Waals surface area contributed by atoms with Gasteiger partial charge in [0.15, 0.2) is 0 Å². The van der Waals surface area contributed by atoms with Crippen LogP contribution in [0.2, 0.25) is 0 Å². The van der Waals surface area contributed by atoms with Gasteiger partial charge in [0.05, 0.1) is 19.0 Å². The van der Waals surface area contributed by atoms with Gasteiger partial charge >= 0.3 is 0 Å². The van der Waals surface area contributed by atoms with Gasteiger partial charge in [-0.3, -0.25) is 4.72 Å². The summed E-state index contributed by atoms with van der Waals surface area (Å²) in [5.74, 6) is 1.75. The lowest BCUT2D eigenvalue weighted by atomic mass is 9.86. The normalized spacial score (nSPS) is 15.8. The van der Waals surface area contributed by atoms with Crippen molar-refractivity contribution in [1.82, 2.24) is 9.88 Å². The third-order valence-corrected chi connectivity index (χ3v) is 7.09. The number of nitrogens with zero attached hydrogens (tertiary/aromatic N) is 2. The van der Waals surface area contributed by atoms with E-state index in [2.05, 4.69) is 28.7 Å². The van der Waals surface area contributed by atoms with Crippen molar-refractivity contribution < 1.29 is 17.9 Å². The maximum absolute atomic E-state index is 13.1. The van der Waals surface area contributed by atoms with E-state index in [0.29, 0.717) is 23.4 Å². The topological polar surface area (TPSA) is 80.8 Å². The van der Waals surface area contributed by atoms with Crippen molar-refractivity contribution in [3.05, 3.63) is 71.9 Å². The fourth-order valence-corrected chi connectivity index (χ4v) is 4.99. The molecule has 0 saturated carbocycles. The van der Waals surface area contributed by atoms with Crippen molar-refractivity contribution in [2.45, 2.75) is 30.2 Å². The fourth-order valence-electron chi connectivity index (χ4n) is 3.96. The van der Waals surface area contributed by atoms with Crippen LogP contribution >= 0.6 is 0 Å². The lowest BCUT2D eigenvalue weighted by Crippen LogP contribution is -2.34. The zero-order valence-electron chi connectivity index (χ0n) is 18.4. The highest BCUT2D eigenvalue weighted by Gasteiger charge is 2.27. The van der Waals surface area contributed by atoms with Crippen molar-refractivity contribution in [3.8, 4) is 17.4 Å². The number of benzene rings is 2. The summed E-state index contributed by atoms with van der Waals surface area (Å²) in [5.41, 5.74) is 2.63. The predicted molar refractivity (Wildman–Crippen MR) is 124 cm³/mol. The third kappa shape index (κ3) is 4.71. The average molecular weight is 454 g/mol. The number of ether oxygens (including phenoxy) is 2. The number of methoxy groups -OCH3 is 1. The van der Waals surface area contributed by atoms with Gasteiger partial charge < -0.3 is 14.4 Å². The van der Waals surface area contributed by atoms with E-state index in [-0.39, 0.29) is 4.90 Å². The van der Waals surface area contributed by atoms with Gasteiger partial charge in [-0.1, -0.05) is 18.2 Å². The summed E-state index contributed by atoms with van der Waals surface area (Å²) in [6.45, 7) is 0. The molecule has 8 heteroatoms. The SMILES string of the molecule is COc1ccc(NS(=O)(=O)c2ccc(Oc3ccccc3)nc2)c2c1CC(N(C)C)CC2. The van der Waals surface area contributed by atoms with Crippen molar-refractivity contribution in [3.63, 3.8) is 0 Å². The van der Waals surface area contributed by atoms with Gasteiger partial charge in [-0.2, -0.15) is 0 Å². The summed E-state index contributed by atoms with van der Waals surface area (Å²) in [6, 6.07) is 16.2. The van der Waals surface area contributed by atoms with Crippen LogP contribution in [-0.2, 0) is 22.9 Å². The minimum Gasteiger partial charge on any atom is -0.496 e. The summed E-state index contributed by atoms with van der Waals surface area (Å²) in [4.78, 5) is 6.43. The minimum absolute atomic E-state index is 0.0736. The predicted octanol–water partition coefficient (Wildman–Crippen LogP) is 4.10. The number of sulfonamides is 1. The van der Waals surface area contributed by atoms with Crippen LogP contribution in [0.25, 0.3) is 0 Å². The van der Waals surface area contributed by atoms with E-state index < -0.39 is 10.0 Å². The Kier molecular flexibility index (Phi) is 6.34. The zero-order valence-corrected chi connectivity index (χ0v) is 19.2. The molecule has 0 amide bonds. The van der Waals surface area contributed by atoms with E-state index in [1.165, 1.54) is 12.3 Å². The molecule has 0 fully saturated rings. The van der Waals surface area contributed by atoms with Crippen LogP contribution in [0.3, 0.4) is 0 Å². The Morgan fingerprint density at radius 1 is 1.03 bits per heavy atom. The molecule has 0 bridgehead atoms. The van der Waals surface area contributed by atoms with Crippen LogP contribution < -0.4 is 14.2 Å². The molecule has 1 heterocycles. The quantitative estimate of drug-likeness (QED) is 0.580. The zero-order chi connectivity index (χ0) is 22.7. The Morgan fingerprint density at radius 2 is 1.81 bits per heavy atom. The second-order valence-electron chi connectivity index (χ2n) is 7.99. The molecule has 3 aromatic rings. The van der Waals surface area contributed by atoms with Crippen LogP contribution in [0.15, 0.2) is 65.7 Å². The van der Waals surface area contributed by atoms with Crippen LogP contribution in [0.1, 0.15) is 17.5 Å². The first kappa shape index (κ1) is 22.1. The fraction of sp³-hybridized carbons (Fsp3) is 0.292. The number of anilines is 1. The van der Waals surface area contributed by atoms with Crippen LogP contribution in [-0.4, -0.2) is 45.5 Å². The lowest BCUT2D eigenvalue weighted by Gasteiger charge is -2.32. The summed E-state index contributed by atoms with van der Waals surface area (Å²) >= 11 is 0. The summed E-state index contributed by atoms with van der Waals surface area (Å²) < 4.78 is 40.1. The highest BCUT2D eigenvalue weighted by atomic mass is 32.2. The molecule has 0 aliphatic heterocycles. The number of nitrogens with one attached hydrogen (secondary N) is 1.